The lowest BCUT2D eigenvalue weighted by Crippen LogP contribution is -2.49. The summed E-state index contributed by atoms with van der Waals surface area (Å²) in [7, 11) is 0. The molecular weight excluding hydrogens is 346 g/mol. The van der Waals surface area contributed by atoms with Crippen molar-refractivity contribution in [1.29, 1.82) is 5.26 Å². The number of nitrogens with zero attached hydrogens (tertiary/aromatic N) is 3. The van der Waals surface area contributed by atoms with Gasteiger partial charge >= 0.3 is 0 Å². The minimum absolute atomic E-state index is 0.0628. The zero-order valence-electron chi connectivity index (χ0n) is 15.6. The van der Waals surface area contributed by atoms with Crippen molar-refractivity contribution < 1.29 is 4.79 Å². The molecular formula is C24H21N3O. The summed E-state index contributed by atoms with van der Waals surface area (Å²) in [4.78, 5) is 16.9. The number of piperazine rings is 1. The van der Waals surface area contributed by atoms with Gasteiger partial charge in [-0.3, -0.25) is 4.79 Å². The van der Waals surface area contributed by atoms with Gasteiger partial charge in [-0.1, -0.05) is 54.6 Å². The van der Waals surface area contributed by atoms with Gasteiger partial charge in [0.15, 0.2) is 0 Å². The molecule has 4 nitrogen and oxygen atoms in total. The molecule has 0 N–H and O–H groups in total. The fourth-order valence-electron chi connectivity index (χ4n) is 3.61. The Labute approximate surface area is 165 Å². The highest BCUT2D eigenvalue weighted by Gasteiger charge is 2.23. The number of anilines is 1. The molecule has 0 saturated carbocycles. The second kappa shape index (κ2) is 7.98. The summed E-state index contributed by atoms with van der Waals surface area (Å²) < 4.78 is 0. The van der Waals surface area contributed by atoms with Crippen molar-refractivity contribution in [3.63, 3.8) is 0 Å². The molecule has 1 saturated heterocycles. The summed E-state index contributed by atoms with van der Waals surface area (Å²) in [6.07, 6.45) is 0. The zero-order chi connectivity index (χ0) is 19.3. The molecule has 4 rings (SSSR count). The lowest BCUT2D eigenvalue weighted by molar-refractivity contribution is 0.0747. The smallest absolute Gasteiger partial charge is 0.253 e. The number of carbonyl (C=O) groups excluding carboxylic acids is 1. The van der Waals surface area contributed by atoms with Crippen LogP contribution in [0.25, 0.3) is 11.1 Å². The van der Waals surface area contributed by atoms with E-state index in [0.29, 0.717) is 24.2 Å². The van der Waals surface area contributed by atoms with Crippen molar-refractivity contribution in [3.8, 4) is 17.2 Å². The van der Waals surface area contributed by atoms with Crippen molar-refractivity contribution in [2.75, 3.05) is 31.1 Å². The predicted molar refractivity (Wildman–Crippen MR) is 111 cm³/mol. The molecule has 0 aliphatic carbocycles. The van der Waals surface area contributed by atoms with Gasteiger partial charge in [0.1, 0.15) is 6.07 Å². The monoisotopic (exact) mass is 367 g/mol. The maximum atomic E-state index is 12.9. The number of carbonyl (C=O) groups is 1. The quantitative estimate of drug-likeness (QED) is 0.697. The van der Waals surface area contributed by atoms with Gasteiger partial charge in [-0.05, 0) is 35.4 Å². The summed E-state index contributed by atoms with van der Waals surface area (Å²) in [5.41, 5.74) is 4.59. The van der Waals surface area contributed by atoms with Crippen LogP contribution in [0.15, 0.2) is 78.9 Å². The maximum Gasteiger partial charge on any atom is 0.253 e. The number of benzene rings is 3. The van der Waals surface area contributed by atoms with Crippen molar-refractivity contribution in [2.45, 2.75) is 0 Å². The van der Waals surface area contributed by atoms with Crippen LogP contribution in [-0.4, -0.2) is 37.0 Å². The molecule has 0 spiro atoms. The second-order valence-electron chi connectivity index (χ2n) is 6.85. The summed E-state index contributed by atoms with van der Waals surface area (Å²) in [5, 5.41) is 9.30. The topological polar surface area (TPSA) is 47.3 Å². The summed E-state index contributed by atoms with van der Waals surface area (Å²) >= 11 is 0. The Morgan fingerprint density at radius 3 is 2.04 bits per heavy atom. The van der Waals surface area contributed by atoms with E-state index >= 15 is 0 Å². The Balaban J connectivity index is 1.42. The Kier molecular flexibility index (Phi) is 5.07. The Morgan fingerprint density at radius 1 is 0.750 bits per heavy atom. The van der Waals surface area contributed by atoms with Crippen LogP contribution in [0.3, 0.4) is 0 Å². The maximum absolute atomic E-state index is 12.9. The largest absolute Gasteiger partial charge is 0.367 e. The molecule has 0 bridgehead atoms. The first kappa shape index (κ1) is 17.8. The van der Waals surface area contributed by atoms with Gasteiger partial charge in [0.2, 0.25) is 0 Å². The molecule has 1 fully saturated rings. The zero-order valence-corrected chi connectivity index (χ0v) is 15.6. The summed E-state index contributed by atoms with van der Waals surface area (Å²) in [6, 6.07) is 27.8. The van der Waals surface area contributed by atoms with Crippen LogP contribution in [0.5, 0.6) is 0 Å². The van der Waals surface area contributed by atoms with Gasteiger partial charge in [-0.2, -0.15) is 5.26 Å². The third-order valence-electron chi connectivity index (χ3n) is 5.17. The van der Waals surface area contributed by atoms with E-state index in [9.17, 15) is 10.1 Å². The molecule has 1 aliphatic heterocycles. The van der Waals surface area contributed by atoms with E-state index < -0.39 is 0 Å². The number of amides is 1. The van der Waals surface area contributed by atoms with E-state index in [-0.39, 0.29) is 5.91 Å². The van der Waals surface area contributed by atoms with E-state index in [2.05, 4.69) is 23.1 Å². The van der Waals surface area contributed by atoms with E-state index in [0.717, 1.165) is 29.9 Å². The van der Waals surface area contributed by atoms with Crippen molar-refractivity contribution in [1.82, 2.24) is 4.90 Å². The molecule has 1 heterocycles. The number of nitriles is 1. The molecule has 1 amide bonds. The fraction of sp³-hybridized carbons (Fsp3) is 0.167. The minimum Gasteiger partial charge on any atom is -0.367 e. The highest BCUT2D eigenvalue weighted by molar-refractivity contribution is 5.95. The van der Waals surface area contributed by atoms with Crippen molar-refractivity contribution >= 4 is 11.6 Å². The van der Waals surface area contributed by atoms with E-state index in [1.54, 1.807) is 0 Å². The molecule has 0 radical (unpaired) electrons. The van der Waals surface area contributed by atoms with Gasteiger partial charge in [-0.15, -0.1) is 0 Å². The SMILES string of the molecule is N#Cc1ccccc1N1CCN(C(=O)c2ccc(-c3ccccc3)cc2)CC1. The Morgan fingerprint density at radius 2 is 1.36 bits per heavy atom. The first-order valence-corrected chi connectivity index (χ1v) is 9.45. The van der Waals surface area contributed by atoms with Crippen LogP contribution in [0.2, 0.25) is 0 Å². The number of para-hydroxylation sites is 1. The van der Waals surface area contributed by atoms with E-state index in [1.807, 2.05) is 71.6 Å². The third-order valence-corrected chi connectivity index (χ3v) is 5.17. The molecule has 3 aromatic rings. The van der Waals surface area contributed by atoms with Gasteiger partial charge in [0.05, 0.1) is 11.3 Å². The molecule has 138 valence electrons. The van der Waals surface area contributed by atoms with Gasteiger partial charge in [0, 0.05) is 31.7 Å². The summed E-state index contributed by atoms with van der Waals surface area (Å²) in [6.45, 7) is 2.76. The molecule has 0 aromatic heterocycles. The Bertz CT molecular complexity index is 998. The van der Waals surface area contributed by atoms with E-state index in [4.69, 9.17) is 0 Å². The number of rotatable bonds is 3. The summed E-state index contributed by atoms with van der Waals surface area (Å²) in [5.74, 6) is 0.0628. The van der Waals surface area contributed by atoms with Crippen LogP contribution in [0.1, 0.15) is 15.9 Å². The lowest BCUT2D eigenvalue weighted by Gasteiger charge is -2.36. The minimum atomic E-state index is 0.0628. The van der Waals surface area contributed by atoms with Crippen LogP contribution >= 0.6 is 0 Å². The Hall–Kier alpha value is -3.58. The number of hydrogen-bond donors (Lipinski definition) is 0. The molecule has 0 atom stereocenters. The van der Waals surface area contributed by atoms with E-state index in [1.165, 1.54) is 0 Å². The third kappa shape index (κ3) is 3.60. The standard InChI is InChI=1S/C24H21N3O/c25-18-22-8-4-5-9-23(22)26-14-16-27(17-15-26)24(28)21-12-10-20(11-13-21)19-6-2-1-3-7-19/h1-13H,14-17H2. The lowest BCUT2D eigenvalue weighted by atomic mass is 10.0. The second-order valence-corrected chi connectivity index (χ2v) is 6.85. The highest BCUT2D eigenvalue weighted by Crippen LogP contribution is 2.23. The molecule has 1 aliphatic rings. The highest BCUT2D eigenvalue weighted by atomic mass is 16.2. The van der Waals surface area contributed by atoms with Crippen LogP contribution in [0, 0.1) is 11.3 Å². The van der Waals surface area contributed by atoms with Crippen molar-refractivity contribution in [2.24, 2.45) is 0 Å². The molecule has 3 aromatic carbocycles. The molecule has 28 heavy (non-hydrogen) atoms. The number of hydrogen-bond acceptors (Lipinski definition) is 3. The van der Waals surface area contributed by atoms with Crippen LogP contribution in [0.4, 0.5) is 5.69 Å². The first-order valence-electron chi connectivity index (χ1n) is 9.45. The van der Waals surface area contributed by atoms with Crippen LogP contribution < -0.4 is 4.90 Å². The van der Waals surface area contributed by atoms with Crippen molar-refractivity contribution in [3.05, 3.63) is 90.0 Å². The van der Waals surface area contributed by atoms with Crippen LogP contribution in [-0.2, 0) is 0 Å². The normalized spacial score (nSPS) is 13.8. The molecule has 4 heteroatoms. The first-order chi connectivity index (χ1) is 13.8. The van der Waals surface area contributed by atoms with Gasteiger partial charge in [-0.25, -0.2) is 0 Å². The molecule has 0 unspecified atom stereocenters. The van der Waals surface area contributed by atoms with Gasteiger partial charge < -0.3 is 9.80 Å². The average Bonchev–Trinajstić information content (AvgIpc) is 2.79. The predicted octanol–water partition coefficient (Wildman–Crippen LogP) is 4.19. The van der Waals surface area contributed by atoms with Gasteiger partial charge in [0.25, 0.3) is 5.91 Å². The fourth-order valence-corrected chi connectivity index (χ4v) is 3.61. The average molecular weight is 367 g/mol.